The van der Waals surface area contributed by atoms with Crippen molar-refractivity contribution < 1.29 is 22.4 Å². The molecule has 0 spiro atoms. The van der Waals surface area contributed by atoms with Crippen LogP contribution in [0.25, 0.3) is 4.91 Å². The molecule has 0 saturated heterocycles. The van der Waals surface area contributed by atoms with E-state index in [2.05, 4.69) is 5.32 Å². The van der Waals surface area contributed by atoms with Gasteiger partial charge in [-0.2, -0.15) is 0 Å². The Balaban J connectivity index is 1.82. The SMILES string of the molecule is CC[C@@H](C)NC(=O)c1ccc(CN2C(=O)C(C)=C(c3ccc(F)cc3)S2(=O)=O)cc1. The van der Waals surface area contributed by atoms with Crippen molar-refractivity contribution in [3.8, 4) is 0 Å². The van der Waals surface area contributed by atoms with Gasteiger partial charge in [0.15, 0.2) is 0 Å². The zero-order valence-electron chi connectivity index (χ0n) is 17.0. The molecule has 1 heterocycles. The lowest BCUT2D eigenvalue weighted by Gasteiger charge is -2.17. The van der Waals surface area contributed by atoms with Crippen LogP contribution >= 0.6 is 0 Å². The Morgan fingerprint density at radius 1 is 1.10 bits per heavy atom. The lowest BCUT2D eigenvalue weighted by molar-refractivity contribution is -0.122. The monoisotopic (exact) mass is 430 g/mol. The summed E-state index contributed by atoms with van der Waals surface area (Å²) in [6.45, 7) is 5.17. The van der Waals surface area contributed by atoms with Crippen LogP contribution < -0.4 is 5.32 Å². The Kier molecular flexibility index (Phi) is 6.07. The molecule has 0 aliphatic carbocycles. The number of rotatable bonds is 6. The Morgan fingerprint density at radius 3 is 2.27 bits per heavy atom. The van der Waals surface area contributed by atoms with Crippen molar-refractivity contribution in [2.45, 2.75) is 39.8 Å². The topological polar surface area (TPSA) is 83.6 Å². The Hall–Kier alpha value is -3.00. The largest absolute Gasteiger partial charge is 0.350 e. The summed E-state index contributed by atoms with van der Waals surface area (Å²) >= 11 is 0. The summed E-state index contributed by atoms with van der Waals surface area (Å²) in [5.41, 5.74) is 1.38. The summed E-state index contributed by atoms with van der Waals surface area (Å²) in [4.78, 5) is 24.7. The van der Waals surface area contributed by atoms with E-state index in [1.807, 2.05) is 13.8 Å². The first-order valence-electron chi connectivity index (χ1n) is 9.58. The minimum atomic E-state index is -4.07. The normalized spacial score (nSPS) is 16.7. The van der Waals surface area contributed by atoms with Gasteiger partial charge in [0.2, 0.25) is 0 Å². The van der Waals surface area contributed by atoms with E-state index < -0.39 is 21.7 Å². The number of nitrogens with zero attached hydrogens (tertiary/aromatic N) is 1. The van der Waals surface area contributed by atoms with Gasteiger partial charge in [-0.15, -0.1) is 0 Å². The Bertz CT molecular complexity index is 1110. The van der Waals surface area contributed by atoms with Crippen LogP contribution in [-0.4, -0.2) is 30.6 Å². The van der Waals surface area contributed by atoms with Crippen LogP contribution in [-0.2, 0) is 21.4 Å². The summed E-state index contributed by atoms with van der Waals surface area (Å²) in [5.74, 6) is -1.32. The van der Waals surface area contributed by atoms with E-state index in [0.29, 0.717) is 11.1 Å². The van der Waals surface area contributed by atoms with Crippen LogP contribution in [0, 0.1) is 5.82 Å². The Morgan fingerprint density at radius 2 is 1.70 bits per heavy atom. The minimum Gasteiger partial charge on any atom is -0.350 e. The van der Waals surface area contributed by atoms with Crippen LogP contribution in [0.15, 0.2) is 54.1 Å². The third-order valence-corrected chi connectivity index (χ3v) is 7.01. The predicted molar refractivity (Wildman–Crippen MR) is 112 cm³/mol. The van der Waals surface area contributed by atoms with Crippen LogP contribution in [0.5, 0.6) is 0 Å². The molecule has 0 fully saturated rings. The number of benzene rings is 2. The smallest absolute Gasteiger partial charge is 0.268 e. The first-order chi connectivity index (χ1) is 14.1. The molecular formula is C22H23FN2O4S. The Labute approximate surface area is 175 Å². The van der Waals surface area contributed by atoms with Gasteiger partial charge in [0, 0.05) is 17.2 Å². The van der Waals surface area contributed by atoms with Crippen molar-refractivity contribution in [1.29, 1.82) is 0 Å². The van der Waals surface area contributed by atoms with Crippen LogP contribution in [0.1, 0.15) is 48.7 Å². The number of carbonyl (C=O) groups is 2. The van der Waals surface area contributed by atoms with Crippen LogP contribution in [0.2, 0.25) is 0 Å². The van der Waals surface area contributed by atoms with Gasteiger partial charge in [0.1, 0.15) is 10.7 Å². The van der Waals surface area contributed by atoms with Gasteiger partial charge < -0.3 is 5.32 Å². The fourth-order valence-electron chi connectivity index (χ4n) is 3.16. The zero-order valence-corrected chi connectivity index (χ0v) is 17.8. The van der Waals surface area contributed by atoms with Gasteiger partial charge in [0.25, 0.3) is 21.8 Å². The number of hydrogen-bond acceptors (Lipinski definition) is 4. The van der Waals surface area contributed by atoms with Crippen molar-refractivity contribution in [3.05, 3.63) is 76.6 Å². The average molecular weight is 431 g/mol. The summed E-state index contributed by atoms with van der Waals surface area (Å²) in [7, 11) is -4.07. The molecule has 1 atom stereocenters. The second kappa shape index (κ2) is 8.39. The van der Waals surface area contributed by atoms with Gasteiger partial charge >= 0.3 is 0 Å². The second-order valence-corrected chi connectivity index (χ2v) is 9.06. The molecule has 158 valence electrons. The van der Waals surface area contributed by atoms with Crippen LogP contribution in [0.3, 0.4) is 0 Å². The number of halogens is 1. The third kappa shape index (κ3) is 4.14. The summed E-state index contributed by atoms with van der Waals surface area (Å²) in [5, 5.41) is 2.86. The van der Waals surface area contributed by atoms with E-state index in [1.54, 1.807) is 24.3 Å². The van der Waals surface area contributed by atoms with E-state index in [-0.39, 0.29) is 34.5 Å². The number of carbonyl (C=O) groups excluding carboxylic acids is 2. The molecule has 0 aromatic heterocycles. The standard InChI is InChI=1S/C22H23FN2O4S/c1-4-14(2)24-21(26)18-7-5-16(6-8-18)13-25-22(27)15(3)20(30(25,28)29)17-9-11-19(23)12-10-17/h5-12,14H,4,13H2,1-3H3,(H,24,26)/t14-/m1/s1. The average Bonchev–Trinajstić information content (AvgIpc) is 2.88. The van der Waals surface area contributed by atoms with Crippen molar-refractivity contribution in [2.24, 2.45) is 0 Å². The molecule has 1 N–H and O–H groups in total. The fourth-order valence-corrected chi connectivity index (χ4v) is 4.96. The molecular weight excluding hydrogens is 407 g/mol. The minimum absolute atomic E-state index is 0.0449. The van der Waals surface area contributed by atoms with Gasteiger partial charge in [-0.05, 0) is 55.7 Å². The van der Waals surface area contributed by atoms with Gasteiger partial charge in [-0.1, -0.05) is 31.2 Å². The summed E-state index contributed by atoms with van der Waals surface area (Å²) in [6, 6.07) is 11.5. The highest BCUT2D eigenvalue weighted by atomic mass is 32.2. The van der Waals surface area contributed by atoms with E-state index in [9.17, 15) is 22.4 Å². The van der Waals surface area contributed by atoms with Crippen molar-refractivity contribution in [3.63, 3.8) is 0 Å². The van der Waals surface area contributed by atoms with Crippen molar-refractivity contribution in [1.82, 2.24) is 9.62 Å². The van der Waals surface area contributed by atoms with Crippen LogP contribution in [0.4, 0.5) is 4.39 Å². The molecule has 2 amide bonds. The predicted octanol–water partition coefficient (Wildman–Crippen LogP) is 3.46. The molecule has 0 bridgehead atoms. The highest BCUT2D eigenvalue weighted by molar-refractivity contribution is 7.99. The molecule has 1 aliphatic rings. The third-order valence-electron chi connectivity index (χ3n) is 5.07. The maximum Gasteiger partial charge on any atom is 0.268 e. The molecule has 8 heteroatoms. The summed E-state index contributed by atoms with van der Waals surface area (Å²) < 4.78 is 40.1. The fraction of sp³-hybridized carbons (Fsp3) is 0.273. The highest BCUT2D eigenvalue weighted by Gasteiger charge is 2.42. The molecule has 0 radical (unpaired) electrons. The number of sulfonamides is 1. The van der Waals surface area contributed by atoms with E-state index in [1.165, 1.54) is 19.1 Å². The number of hydrogen-bond donors (Lipinski definition) is 1. The summed E-state index contributed by atoms with van der Waals surface area (Å²) in [6.07, 6.45) is 0.807. The lowest BCUT2D eigenvalue weighted by Crippen LogP contribution is -2.32. The molecule has 0 unspecified atom stereocenters. The van der Waals surface area contributed by atoms with E-state index in [0.717, 1.165) is 22.9 Å². The zero-order chi connectivity index (χ0) is 22.1. The van der Waals surface area contributed by atoms with Crippen molar-refractivity contribution >= 4 is 26.7 Å². The first kappa shape index (κ1) is 21.7. The molecule has 1 aliphatic heterocycles. The maximum absolute atomic E-state index is 13.2. The first-order valence-corrected chi connectivity index (χ1v) is 11.0. The number of amides is 2. The number of nitrogens with one attached hydrogen (secondary N) is 1. The van der Waals surface area contributed by atoms with Crippen molar-refractivity contribution in [2.75, 3.05) is 0 Å². The lowest BCUT2D eigenvalue weighted by atomic mass is 10.1. The van der Waals surface area contributed by atoms with Gasteiger partial charge in [0.05, 0.1) is 6.54 Å². The molecule has 0 saturated carbocycles. The molecule has 6 nitrogen and oxygen atoms in total. The van der Waals surface area contributed by atoms with Gasteiger partial charge in [-0.3, -0.25) is 9.59 Å². The second-order valence-electron chi connectivity index (χ2n) is 7.26. The molecule has 30 heavy (non-hydrogen) atoms. The van der Waals surface area contributed by atoms with E-state index in [4.69, 9.17) is 0 Å². The highest BCUT2D eigenvalue weighted by Crippen LogP contribution is 2.36. The molecule has 3 rings (SSSR count). The van der Waals surface area contributed by atoms with Gasteiger partial charge in [-0.25, -0.2) is 17.1 Å². The maximum atomic E-state index is 13.2. The van der Waals surface area contributed by atoms with E-state index >= 15 is 0 Å². The quantitative estimate of drug-likeness (QED) is 0.761. The molecule has 2 aromatic carbocycles. The molecule has 2 aromatic rings.